The van der Waals surface area contributed by atoms with E-state index in [0.717, 1.165) is 51.4 Å². The summed E-state index contributed by atoms with van der Waals surface area (Å²) in [5.74, 6) is -0.232. The third-order valence-electron chi connectivity index (χ3n) is 3.82. The molecule has 0 saturated carbocycles. The Morgan fingerprint density at radius 3 is 1.68 bits per heavy atom. The van der Waals surface area contributed by atoms with Gasteiger partial charge < -0.3 is 9.66 Å². The molecule has 0 radical (unpaired) electrons. The number of aliphatic hydroxyl groups is 1. The Balaban J connectivity index is 0. The van der Waals surface area contributed by atoms with Gasteiger partial charge in [0.05, 0.1) is 16.2 Å². The van der Waals surface area contributed by atoms with Crippen LogP contribution in [0.4, 0.5) is 0 Å². The van der Waals surface area contributed by atoms with E-state index >= 15 is 0 Å². The van der Waals surface area contributed by atoms with Crippen LogP contribution in [0.1, 0.15) is 90.4 Å². The molecule has 0 rings (SSSR count). The van der Waals surface area contributed by atoms with Crippen molar-refractivity contribution in [1.29, 1.82) is 0 Å². The van der Waals surface area contributed by atoms with E-state index in [1.165, 1.54) is 25.7 Å². The van der Waals surface area contributed by atoms with Gasteiger partial charge in [-0.1, -0.05) is 71.1 Å². The van der Waals surface area contributed by atoms with Crippen molar-refractivity contribution >= 4 is 10.1 Å². The SMILES string of the molecule is CCCCCCCC(O)CCCCCCCCS(=O)(=O)[O-].[K+]. The predicted molar refractivity (Wildman–Crippen MR) is 86.3 cm³/mol. The van der Waals surface area contributed by atoms with E-state index in [1.807, 2.05) is 0 Å². The first kappa shape index (κ1) is 25.7. The Morgan fingerprint density at radius 1 is 0.818 bits per heavy atom. The quantitative estimate of drug-likeness (QED) is 0.268. The number of hydrogen-bond donors (Lipinski definition) is 1. The molecule has 0 aromatic rings. The largest absolute Gasteiger partial charge is 1.00 e. The number of aliphatic hydroxyl groups excluding tert-OH is 1. The summed E-state index contributed by atoms with van der Waals surface area (Å²) in [5, 5.41) is 9.83. The van der Waals surface area contributed by atoms with Gasteiger partial charge in [0.1, 0.15) is 0 Å². The van der Waals surface area contributed by atoms with Crippen molar-refractivity contribution in [3.05, 3.63) is 0 Å². The first-order valence-corrected chi connectivity index (χ1v) is 10.1. The monoisotopic (exact) mass is 360 g/mol. The van der Waals surface area contributed by atoms with Crippen molar-refractivity contribution in [2.75, 3.05) is 5.75 Å². The first-order valence-electron chi connectivity index (χ1n) is 8.57. The zero-order valence-corrected chi connectivity index (χ0v) is 18.5. The maximum absolute atomic E-state index is 10.4. The van der Waals surface area contributed by atoms with Gasteiger partial charge in [-0.05, 0) is 19.3 Å². The summed E-state index contributed by atoms with van der Waals surface area (Å²) in [5.41, 5.74) is 0. The van der Waals surface area contributed by atoms with Crippen molar-refractivity contribution < 1.29 is 69.5 Å². The molecule has 0 fully saturated rings. The van der Waals surface area contributed by atoms with Crippen LogP contribution in [0.5, 0.6) is 0 Å². The Hall–Kier alpha value is 1.51. The maximum Gasteiger partial charge on any atom is 1.00 e. The van der Waals surface area contributed by atoms with Crippen LogP contribution in [0.25, 0.3) is 0 Å². The van der Waals surface area contributed by atoms with Crippen LogP contribution in [-0.2, 0) is 10.1 Å². The minimum atomic E-state index is -4.03. The van der Waals surface area contributed by atoms with E-state index in [1.54, 1.807) is 0 Å². The second-order valence-corrected chi connectivity index (χ2v) is 7.55. The van der Waals surface area contributed by atoms with Crippen molar-refractivity contribution in [2.24, 2.45) is 0 Å². The van der Waals surface area contributed by atoms with Gasteiger partial charge in [0.15, 0.2) is 0 Å². The summed E-state index contributed by atoms with van der Waals surface area (Å²) in [6.45, 7) is 2.20. The zero-order valence-electron chi connectivity index (χ0n) is 14.6. The van der Waals surface area contributed by atoms with Crippen molar-refractivity contribution in [3.8, 4) is 0 Å². The van der Waals surface area contributed by atoms with E-state index in [9.17, 15) is 18.1 Å². The second kappa shape index (κ2) is 17.3. The molecule has 0 aromatic carbocycles. The van der Waals surface area contributed by atoms with E-state index in [0.29, 0.717) is 6.42 Å². The fourth-order valence-electron chi connectivity index (χ4n) is 2.49. The molecule has 0 amide bonds. The minimum Gasteiger partial charge on any atom is -0.748 e. The van der Waals surface area contributed by atoms with Crippen LogP contribution in [0.3, 0.4) is 0 Å². The Morgan fingerprint density at radius 2 is 1.23 bits per heavy atom. The summed E-state index contributed by atoms with van der Waals surface area (Å²) in [6, 6.07) is 0. The average Bonchev–Trinajstić information content (AvgIpc) is 2.40. The second-order valence-electron chi connectivity index (χ2n) is 6.03. The topological polar surface area (TPSA) is 77.4 Å². The fraction of sp³-hybridized carbons (Fsp3) is 1.00. The van der Waals surface area contributed by atoms with Gasteiger partial charge in [0.2, 0.25) is 0 Å². The molecule has 1 atom stereocenters. The average molecular weight is 361 g/mol. The molecule has 128 valence electrons. The van der Waals surface area contributed by atoms with Gasteiger partial charge in [-0.3, -0.25) is 0 Å². The van der Waals surface area contributed by atoms with Crippen molar-refractivity contribution in [3.63, 3.8) is 0 Å². The Labute approximate surface area is 180 Å². The van der Waals surface area contributed by atoms with Gasteiger partial charge >= 0.3 is 51.4 Å². The van der Waals surface area contributed by atoms with Gasteiger partial charge in [0, 0.05) is 5.75 Å². The summed E-state index contributed by atoms with van der Waals surface area (Å²) in [6.07, 6.45) is 13.3. The van der Waals surface area contributed by atoms with Crippen LogP contribution in [-0.4, -0.2) is 29.9 Å². The number of unbranched alkanes of at least 4 members (excludes halogenated alkanes) is 9. The normalized spacial score (nSPS) is 12.9. The van der Waals surface area contributed by atoms with Crippen LogP contribution in [0.15, 0.2) is 0 Å². The van der Waals surface area contributed by atoms with Crippen LogP contribution < -0.4 is 51.4 Å². The molecule has 0 aliphatic rings. The fourth-order valence-corrected chi connectivity index (χ4v) is 3.05. The third-order valence-corrected chi connectivity index (χ3v) is 4.61. The summed E-state index contributed by atoms with van der Waals surface area (Å²) < 4.78 is 31.2. The van der Waals surface area contributed by atoms with E-state index < -0.39 is 10.1 Å². The molecule has 1 N–H and O–H groups in total. The van der Waals surface area contributed by atoms with Crippen LogP contribution in [0, 0.1) is 0 Å². The van der Waals surface area contributed by atoms with E-state index in [2.05, 4.69) is 6.92 Å². The molecular weight excluding hydrogens is 327 g/mol. The summed E-state index contributed by atoms with van der Waals surface area (Å²) >= 11 is 0. The molecule has 4 nitrogen and oxygen atoms in total. The smallest absolute Gasteiger partial charge is 0.748 e. The van der Waals surface area contributed by atoms with Gasteiger partial charge in [-0.25, -0.2) is 8.42 Å². The minimum absolute atomic E-state index is 0. The van der Waals surface area contributed by atoms with E-state index in [4.69, 9.17) is 0 Å². The molecule has 0 spiro atoms. The molecule has 6 heteroatoms. The molecule has 0 saturated heterocycles. The number of hydrogen-bond acceptors (Lipinski definition) is 4. The zero-order chi connectivity index (χ0) is 16.0. The Kier molecular flexibility index (Phi) is 20.3. The molecular formula is C16H33KO4S. The standard InChI is InChI=1S/C16H34O4S.K/c1-2-3-4-7-10-13-16(17)14-11-8-5-6-9-12-15-21(18,19)20;/h16-17H,2-15H2,1H3,(H,18,19,20);/q;+1/p-1. The van der Waals surface area contributed by atoms with Crippen molar-refractivity contribution in [2.45, 2.75) is 96.5 Å². The molecule has 0 heterocycles. The number of rotatable bonds is 15. The maximum atomic E-state index is 10.4. The van der Waals surface area contributed by atoms with Crippen LogP contribution in [0.2, 0.25) is 0 Å². The molecule has 0 aliphatic heterocycles. The Bertz CT molecular complexity index is 320. The molecule has 0 aromatic heterocycles. The molecule has 22 heavy (non-hydrogen) atoms. The van der Waals surface area contributed by atoms with Crippen molar-refractivity contribution in [1.82, 2.24) is 0 Å². The summed E-state index contributed by atoms with van der Waals surface area (Å²) in [7, 11) is -4.03. The molecule has 1 unspecified atom stereocenters. The molecule has 0 aliphatic carbocycles. The van der Waals surface area contributed by atoms with Crippen LogP contribution >= 0.6 is 0 Å². The summed E-state index contributed by atoms with van der Waals surface area (Å²) in [4.78, 5) is 0. The van der Waals surface area contributed by atoms with Gasteiger partial charge in [-0.15, -0.1) is 0 Å². The first-order chi connectivity index (χ1) is 9.95. The third kappa shape index (κ3) is 21.5. The van der Waals surface area contributed by atoms with Gasteiger partial charge in [-0.2, -0.15) is 0 Å². The van der Waals surface area contributed by atoms with E-state index in [-0.39, 0.29) is 63.2 Å². The van der Waals surface area contributed by atoms with Gasteiger partial charge in [0.25, 0.3) is 0 Å². The predicted octanol–water partition coefficient (Wildman–Crippen LogP) is 0.988. The molecule has 0 bridgehead atoms.